The molecule has 2 aromatic carbocycles. The number of amides is 1. The summed E-state index contributed by atoms with van der Waals surface area (Å²) in [5.74, 6) is 0.322. The summed E-state index contributed by atoms with van der Waals surface area (Å²) in [4.78, 5) is 28.8. The fourth-order valence-electron chi connectivity index (χ4n) is 3.85. The maximum absolute atomic E-state index is 13.3. The number of hydrogen-bond donors (Lipinski definition) is 1. The Bertz CT molecular complexity index is 1460. The molecule has 0 aliphatic heterocycles. The molecule has 0 saturated heterocycles. The van der Waals surface area contributed by atoms with E-state index >= 15 is 0 Å². The molecule has 0 unspecified atom stereocenters. The lowest BCUT2D eigenvalue weighted by molar-refractivity contribution is 0.171. The SMILES string of the molecule is CC.CCN(C)Cc1c(Cc2cccc(NS(C)(=O)=O)c2C)c(=O)oc2cc(OC(=O)N(C)C)c(C)cc12. The Morgan fingerprint density at radius 2 is 1.74 bits per heavy atom. The summed E-state index contributed by atoms with van der Waals surface area (Å²) >= 11 is 0. The van der Waals surface area contributed by atoms with Crippen LogP contribution in [0.25, 0.3) is 11.0 Å². The minimum absolute atomic E-state index is 0.271. The predicted octanol–water partition coefficient (Wildman–Crippen LogP) is 4.91. The molecule has 9 nitrogen and oxygen atoms in total. The number of fused-ring (bicyclic) bond motifs is 1. The molecule has 0 bridgehead atoms. The molecule has 1 N–H and O–H groups in total. The van der Waals surface area contributed by atoms with Gasteiger partial charge in [0.15, 0.2) is 0 Å². The van der Waals surface area contributed by atoms with Crippen molar-refractivity contribution in [1.82, 2.24) is 9.80 Å². The lowest BCUT2D eigenvalue weighted by atomic mass is 9.94. The number of ether oxygens (including phenoxy) is 1. The first-order valence-corrected chi connectivity index (χ1v) is 14.4. The van der Waals surface area contributed by atoms with Gasteiger partial charge in [0.1, 0.15) is 11.3 Å². The molecule has 1 amide bonds. The van der Waals surface area contributed by atoms with Crippen LogP contribution in [0.2, 0.25) is 0 Å². The topological polar surface area (TPSA) is 109 Å². The van der Waals surface area contributed by atoms with Crippen molar-refractivity contribution < 1.29 is 22.4 Å². The van der Waals surface area contributed by atoms with Crippen molar-refractivity contribution in [3.05, 3.63) is 68.6 Å². The van der Waals surface area contributed by atoms with Gasteiger partial charge < -0.3 is 19.0 Å². The minimum atomic E-state index is -3.45. The summed E-state index contributed by atoms with van der Waals surface area (Å²) in [6.07, 6.45) is 0.843. The Hall–Kier alpha value is -3.37. The highest BCUT2D eigenvalue weighted by molar-refractivity contribution is 7.92. The van der Waals surface area contributed by atoms with Gasteiger partial charge in [-0.2, -0.15) is 0 Å². The average molecular weight is 546 g/mol. The van der Waals surface area contributed by atoms with Crippen LogP contribution in [0.4, 0.5) is 10.5 Å². The quantitative estimate of drug-likeness (QED) is 0.401. The number of carbonyl (C=O) groups excluding carboxylic acids is 1. The van der Waals surface area contributed by atoms with Crippen molar-refractivity contribution in [1.29, 1.82) is 0 Å². The van der Waals surface area contributed by atoms with Crippen LogP contribution in [0.5, 0.6) is 5.75 Å². The van der Waals surface area contributed by atoms with Crippen LogP contribution >= 0.6 is 0 Å². The molecule has 1 aromatic heterocycles. The van der Waals surface area contributed by atoms with Crippen LogP contribution in [0.15, 0.2) is 39.5 Å². The number of nitrogens with zero attached hydrogens (tertiary/aromatic N) is 2. The summed E-state index contributed by atoms with van der Waals surface area (Å²) in [5, 5.41) is 0.759. The van der Waals surface area contributed by atoms with Crippen LogP contribution in [0.1, 0.15) is 48.6 Å². The van der Waals surface area contributed by atoms with E-state index in [1.807, 2.05) is 53.8 Å². The summed E-state index contributed by atoms with van der Waals surface area (Å²) < 4.78 is 37.3. The third kappa shape index (κ3) is 7.58. The normalized spacial score (nSPS) is 11.2. The Morgan fingerprint density at radius 3 is 2.32 bits per heavy atom. The van der Waals surface area contributed by atoms with E-state index in [9.17, 15) is 18.0 Å². The molecule has 208 valence electrons. The van der Waals surface area contributed by atoms with E-state index < -0.39 is 21.7 Å². The Kier molecular flexibility index (Phi) is 10.5. The number of hydrogen-bond acceptors (Lipinski definition) is 7. The number of anilines is 1. The second-order valence-electron chi connectivity index (χ2n) is 9.19. The fourth-order valence-corrected chi connectivity index (χ4v) is 4.47. The maximum atomic E-state index is 13.3. The molecule has 38 heavy (non-hydrogen) atoms. The van der Waals surface area contributed by atoms with E-state index in [1.165, 1.54) is 4.90 Å². The number of rotatable bonds is 8. The summed E-state index contributed by atoms with van der Waals surface area (Å²) in [6, 6.07) is 8.76. The first kappa shape index (κ1) is 30.9. The number of carbonyl (C=O) groups is 1. The van der Waals surface area contributed by atoms with E-state index in [0.29, 0.717) is 29.1 Å². The number of nitrogens with one attached hydrogen (secondary N) is 1. The van der Waals surface area contributed by atoms with E-state index in [0.717, 1.165) is 40.4 Å². The third-order valence-electron chi connectivity index (χ3n) is 6.05. The average Bonchev–Trinajstić information content (AvgIpc) is 2.84. The molecular weight excluding hydrogens is 506 g/mol. The van der Waals surface area contributed by atoms with Gasteiger partial charge >= 0.3 is 11.7 Å². The van der Waals surface area contributed by atoms with E-state index in [2.05, 4.69) is 9.62 Å². The maximum Gasteiger partial charge on any atom is 0.414 e. The number of benzene rings is 2. The highest BCUT2D eigenvalue weighted by Crippen LogP contribution is 2.31. The van der Waals surface area contributed by atoms with Crippen molar-refractivity contribution in [3.63, 3.8) is 0 Å². The van der Waals surface area contributed by atoms with Gasteiger partial charge in [-0.3, -0.25) is 4.72 Å². The van der Waals surface area contributed by atoms with Crippen LogP contribution in [-0.2, 0) is 23.0 Å². The second-order valence-corrected chi connectivity index (χ2v) is 10.9. The van der Waals surface area contributed by atoms with Gasteiger partial charge in [0.25, 0.3) is 0 Å². The third-order valence-corrected chi connectivity index (χ3v) is 6.65. The van der Waals surface area contributed by atoms with Crippen LogP contribution < -0.4 is 15.1 Å². The Labute approximate surface area is 225 Å². The first-order valence-electron chi connectivity index (χ1n) is 12.5. The molecule has 0 radical (unpaired) electrons. The zero-order valence-corrected chi connectivity index (χ0v) is 24.6. The summed E-state index contributed by atoms with van der Waals surface area (Å²) in [7, 11) is 1.69. The van der Waals surface area contributed by atoms with Crippen molar-refractivity contribution >= 4 is 32.8 Å². The molecule has 1 heterocycles. The summed E-state index contributed by atoms with van der Waals surface area (Å²) in [6.45, 7) is 11.0. The highest BCUT2D eigenvalue weighted by atomic mass is 32.2. The molecular formula is C28H39N3O6S. The summed E-state index contributed by atoms with van der Waals surface area (Å²) in [5.41, 5.74) is 3.91. The van der Waals surface area contributed by atoms with Crippen molar-refractivity contribution in [2.45, 2.75) is 47.6 Å². The van der Waals surface area contributed by atoms with E-state index in [1.54, 1.807) is 32.3 Å². The highest BCUT2D eigenvalue weighted by Gasteiger charge is 2.20. The van der Waals surface area contributed by atoms with E-state index in [-0.39, 0.29) is 6.42 Å². The van der Waals surface area contributed by atoms with Gasteiger partial charge in [-0.05, 0) is 61.8 Å². The Balaban J connectivity index is 0.00000247. The Morgan fingerprint density at radius 1 is 1.08 bits per heavy atom. The molecule has 0 aliphatic rings. The largest absolute Gasteiger partial charge is 0.422 e. The lowest BCUT2D eigenvalue weighted by Crippen LogP contribution is -2.25. The van der Waals surface area contributed by atoms with Gasteiger partial charge in [0.05, 0.1) is 11.9 Å². The number of aryl methyl sites for hydroxylation is 1. The molecule has 0 aliphatic carbocycles. The van der Waals surface area contributed by atoms with Crippen LogP contribution in [0, 0.1) is 13.8 Å². The van der Waals surface area contributed by atoms with Crippen LogP contribution in [-0.4, -0.2) is 58.3 Å². The van der Waals surface area contributed by atoms with E-state index in [4.69, 9.17) is 9.15 Å². The van der Waals surface area contributed by atoms with Gasteiger partial charge in [-0.1, -0.05) is 32.9 Å². The molecule has 0 saturated carbocycles. The van der Waals surface area contributed by atoms with Crippen molar-refractivity contribution in [2.24, 2.45) is 0 Å². The zero-order chi connectivity index (χ0) is 28.8. The molecule has 0 spiro atoms. The number of sulfonamides is 1. The lowest BCUT2D eigenvalue weighted by Gasteiger charge is -2.20. The van der Waals surface area contributed by atoms with Gasteiger partial charge in [-0.25, -0.2) is 18.0 Å². The fraction of sp³-hybridized carbons (Fsp3) is 0.429. The molecule has 3 aromatic rings. The van der Waals surface area contributed by atoms with Crippen LogP contribution in [0.3, 0.4) is 0 Å². The molecule has 3 rings (SSSR count). The molecule has 0 fully saturated rings. The smallest absolute Gasteiger partial charge is 0.414 e. The predicted molar refractivity (Wildman–Crippen MR) is 153 cm³/mol. The molecule has 10 heteroatoms. The van der Waals surface area contributed by atoms with Gasteiger partial charge in [-0.15, -0.1) is 0 Å². The minimum Gasteiger partial charge on any atom is -0.422 e. The monoisotopic (exact) mass is 545 g/mol. The zero-order valence-electron chi connectivity index (χ0n) is 23.8. The standard InChI is InChI=1S/C26H33N3O6S.C2H6/c1-8-29(6)15-21-19-12-16(2)23(35-26(31)28(4)5)14-24(19)34-25(30)20(21)13-18-10-9-11-22(17(18)3)27-36(7,32)33;1-2/h9-12,14,27H,8,13,15H2,1-7H3;1-2H3. The molecule has 0 atom stereocenters. The van der Waals surface area contributed by atoms with Gasteiger partial charge in [0, 0.05) is 44.1 Å². The van der Waals surface area contributed by atoms with Gasteiger partial charge in [0.2, 0.25) is 10.0 Å². The second kappa shape index (κ2) is 12.9. The first-order chi connectivity index (χ1) is 17.8. The van der Waals surface area contributed by atoms with Crippen molar-refractivity contribution in [2.75, 3.05) is 38.7 Å². The van der Waals surface area contributed by atoms with Crippen molar-refractivity contribution in [3.8, 4) is 5.75 Å².